The first kappa shape index (κ1) is 11.0. The molecule has 2 aliphatic carbocycles. The van der Waals surface area contributed by atoms with Gasteiger partial charge in [0.25, 0.3) is 0 Å². The van der Waals surface area contributed by atoms with Crippen molar-refractivity contribution in [2.75, 3.05) is 19.8 Å². The van der Waals surface area contributed by atoms with Gasteiger partial charge in [-0.25, -0.2) is 0 Å². The third-order valence-electron chi connectivity index (χ3n) is 4.70. The summed E-state index contributed by atoms with van der Waals surface area (Å²) in [6, 6.07) is 0. The molecule has 2 saturated carbocycles. The van der Waals surface area contributed by atoms with E-state index in [-0.39, 0.29) is 5.79 Å². The first-order valence-corrected chi connectivity index (χ1v) is 6.74. The van der Waals surface area contributed by atoms with Gasteiger partial charge < -0.3 is 15.2 Å². The first-order valence-electron chi connectivity index (χ1n) is 6.74. The van der Waals surface area contributed by atoms with Gasteiger partial charge in [-0.1, -0.05) is 6.42 Å². The van der Waals surface area contributed by atoms with E-state index in [4.69, 9.17) is 15.2 Å². The molecule has 0 radical (unpaired) electrons. The van der Waals surface area contributed by atoms with Crippen molar-refractivity contribution in [3.8, 4) is 0 Å². The van der Waals surface area contributed by atoms with E-state index in [1.807, 2.05) is 0 Å². The zero-order valence-electron chi connectivity index (χ0n) is 10.0. The van der Waals surface area contributed by atoms with E-state index in [0.29, 0.717) is 5.41 Å². The summed E-state index contributed by atoms with van der Waals surface area (Å²) in [6.45, 7) is 2.45. The van der Waals surface area contributed by atoms with Crippen LogP contribution in [0.2, 0.25) is 0 Å². The average Bonchev–Trinajstić information content (AvgIpc) is 2.93. The lowest BCUT2D eigenvalue weighted by Crippen LogP contribution is -2.37. The first-order chi connectivity index (χ1) is 7.76. The van der Waals surface area contributed by atoms with Gasteiger partial charge in [-0.3, -0.25) is 0 Å². The summed E-state index contributed by atoms with van der Waals surface area (Å²) in [5.41, 5.74) is 6.37. The molecule has 3 nitrogen and oxygen atoms in total. The van der Waals surface area contributed by atoms with Gasteiger partial charge in [0.1, 0.15) is 0 Å². The molecule has 3 fully saturated rings. The highest BCUT2D eigenvalue weighted by Gasteiger charge is 2.47. The topological polar surface area (TPSA) is 44.5 Å². The Morgan fingerprint density at radius 1 is 1.12 bits per heavy atom. The maximum atomic E-state index is 5.87. The Balaban J connectivity index is 1.59. The number of hydrogen-bond donors (Lipinski definition) is 1. The van der Waals surface area contributed by atoms with Crippen LogP contribution in [0.1, 0.15) is 44.9 Å². The van der Waals surface area contributed by atoms with Gasteiger partial charge in [0.2, 0.25) is 0 Å². The molecule has 1 atom stereocenters. The van der Waals surface area contributed by atoms with Crippen LogP contribution in [0.15, 0.2) is 0 Å². The van der Waals surface area contributed by atoms with Gasteiger partial charge in [-0.05, 0) is 43.6 Å². The van der Waals surface area contributed by atoms with Crippen LogP contribution in [0.3, 0.4) is 0 Å². The third kappa shape index (κ3) is 2.01. The molecule has 0 aromatic carbocycles. The summed E-state index contributed by atoms with van der Waals surface area (Å²) in [7, 11) is 0. The van der Waals surface area contributed by atoms with E-state index in [2.05, 4.69) is 0 Å². The van der Waals surface area contributed by atoms with E-state index < -0.39 is 0 Å². The molecule has 1 unspecified atom stereocenters. The van der Waals surface area contributed by atoms with Gasteiger partial charge in [-0.2, -0.15) is 0 Å². The molecule has 92 valence electrons. The van der Waals surface area contributed by atoms with Crippen molar-refractivity contribution in [1.29, 1.82) is 0 Å². The highest BCUT2D eigenvalue weighted by Crippen LogP contribution is 2.53. The molecule has 16 heavy (non-hydrogen) atoms. The van der Waals surface area contributed by atoms with Crippen LogP contribution >= 0.6 is 0 Å². The second-order valence-corrected chi connectivity index (χ2v) is 5.98. The summed E-state index contributed by atoms with van der Waals surface area (Å²) < 4.78 is 11.7. The lowest BCUT2D eigenvalue weighted by Gasteiger charge is -2.37. The lowest BCUT2D eigenvalue weighted by molar-refractivity contribution is -0.188. The van der Waals surface area contributed by atoms with Crippen LogP contribution in [-0.2, 0) is 9.47 Å². The van der Waals surface area contributed by atoms with Gasteiger partial charge in [0.05, 0.1) is 13.2 Å². The van der Waals surface area contributed by atoms with Crippen molar-refractivity contribution in [2.45, 2.75) is 50.7 Å². The maximum absolute atomic E-state index is 5.87. The standard InChI is InChI=1S/C13H23NO2/c14-10-12(4-5-12)8-11-2-1-3-13(9-11)15-6-7-16-13/h11H,1-10,14H2. The fourth-order valence-corrected chi connectivity index (χ4v) is 3.52. The Hall–Kier alpha value is -0.120. The molecule has 0 bridgehead atoms. The summed E-state index contributed by atoms with van der Waals surface area (Å²) >= 11 is 0. The van der Waals surface area contributed by atoms with Crippen molar-refractivity contribution in [3.63, 3.8) is 0 Å². The summed E-state index contributed by atoms with van der Waals surface area (Å²) in [4.78, 5) is 0. The van der Waals surface area contributed by atoms with E-state index in [9.17, 15) is 0 Å². The highest BCUT2D eigenvalue weighted by molar-refractivity contribution is 4.97. The largest absolute Gasteiger partial charge is 0.348 e. The molecule has 1 heterocycles. The summed E-state index contributed by atoms with van der Waals surface area (Å²) in [5, 5.41) is 0. The van der Waals surface area contributed by atoms with Crippen LogP contribution in [0.4, 0.5) is 0 Å². The summed E-state index contributed by atoms with van der Waals surface area (Å²) in [6.07, 6.45) is 8.79. The molecule has 0 amide bonds. The fraction of sp³-hybridized carbons (Fsp3) is 1.00. The maximum Gasteiger partial charge on any atom is 0.168 e. The van der Waals surface area contributed by atoms with E-state index in [1.165, 1.54) is 32.1 Å². The summed E-state index contributed by atoms with van der Waals surface area (Å²) in [5.74, 6) is 0.575. The lowest BCUT2D eigenvalue weighted by atomic mass is 9.78. The fourth-order valence-electron chi connectivity index (χ4n) is 3.52. The second kappa shape index (κ2) is 3.97. The van der Waals surface area contributed by atoms with Crippen molar-refractivity contribution < 1.29 is 9.47 Å². The van der Waals surface area contributed by atoms with Crippen LogP contribution in [0.25, 0.3) is 0 Å². The molecule has 1 saturated heterocycles. The quantitative estimate of drug-likeness (QED) is 0.799. The molecule has 0 aromatic heterocycles. The molecule has 0 aromatic rings. The van der Waals surface area contributed by atoms with Gasteiger partial charge in [0, 0.05) is 12.8 Å². The van der Waals surface area contributed by atoms with E-state index in [1.54, 1.807) is 0 Å². The van der Waals surface area contributed by atoms with E-state index in [0.717, 1.165) is 38.5 Å². The SMILES string of the molecule is NCC1(CC2CCCC3(C2)OCCO3)CC1. The number of rotatable bonds is 3. The number of nitrogens with two attached hydrogens (primary N) is 1. The molecule has 3 rings (SSSR count). The van der Waals surface area contributed by atoms with Crippen LogP contribution in [0, 0.1) is 11.3 Å². The zero-order chi connectivity index (χ0) is 11.1. The number of hydrogen-bond acceptors (Lipinski definition) is 3. The van der Waals surface area contributed by atoms with Gasteiger partial charge >= 0.3 is 0 Å². The Labute approximate surface area is 97.7 Å². The Kier molecular flexibility index (Phi) is 2.73. The molecule has 3 aliphatic rings. The van der Waals surface area contributed by atoms with E-state index >= 15 is 0 Å². The van der Waals surface area contributed by atoms with Crippen molar-refractivity contribution in [1.82, 2.24) is 0 Å². The van der Waals surface area contributed by atoms with Crippen molar-refractivity contribution in [3.05, 3.63) is 0 Å². The normalized spacial score (nSPS) is 35.4. The zero-order valence-corrected chi connectivity index (χ0v) is 10.0. The van der Waals surface area contributed by atoms with Crippen LogP contribution in [-0.4, -0.2) is 25.5 Å². The monoisotopic (exact) mass is 225 g/mol. The van der Waals surface area contributed by atoms with Gasteiger partial charge in [-0.15, -0.1) is 0 Å². The molecule has 1 aliphatic heterocycles. The average molecular weight is 225 g/mol. The minimum atomic E-state index is -0.201. The highest BCUT2D eigenvalue weighted by atomic mass is 16.7. The Morgan fingerprint density at radius 3 is 2.50 bits per heavy atom. The molecular formula is C13H23NO2. The predicted molar refractivity (Wildman–Crippen MR) is 61.9 cm³/mol. The smallest absolute Gasteiger partial charge is 0.168 e. The van der Waals surface area contributed by atoms with Crippen molar-refractivity contribution in [2.24, 2.45) is 17.1 Å². The Morgan fingerprint density at radius 2 is 1.88 bits per heavy atom. The van der Waals surface area contributed by atoms with Crippen molar-refractivity contribution >= 4 is 0 Å². The minimum Gasteiger partial charge on any atom is -0.348 e. The molecular weight excluding hydrogens is 202 g/mol. The molecule has 3 heteroatoms. The van der Waals surface area contributed by atoms with Crippen LogP contribution in [0.5, 0.6) is 0 Å². The Bertz CT molecular complexity index is 257. The van der Waals surface area contributed by atoms with Crippen LogP contribution < -0.4 is 5.73 Å². The minimum absolute atomic E-state index is 0.201. The third-order valence-corrected chi connectivity index (χ3v) is 4.70. The molecule has 2 N–H and O–H groups in total. The van der Waals surface area contributed by atoms with Gasteiger partial charge in [0.15, 0.2) is 5.79 Å². The molecule has 1 spiro atoms. The number of ether oxygens (including phenoxy) is 2. The second-order valence-electron chi connectivity index (χ2n) is 5.98. The predicted octanol–water partition coefficient (Wildman–Crippen LogP) is 2.05.